The van der Waals surface area contributed by atoms with E-state index >= 15 is 0 Å². The Labute approximate surface area is 165 Å². The van der Waals surface area contributed by atoms with Crippen LogP contribution < -0.4 is 20.7 Å². The molecule has 1 fully saturated rings. The third-order valence-corrected chi connectivity index (χ3v) is 4.63. The number of hydrogen-bond acceptors (Lipinski definition) is 5. The van der Waals surface area contributed by atoms with Gasteiger partial charge in [-0.25, -0.2) is 4.79 Å². The van der Waals surface area contributed by atoms with Crippen LogP contribution in [0.15, 0.2) is 18.2 Å². The zero-order valence-corrected chi connectivity index (χ0v) is 16.8. The van der Waals surface area contributed by atoms with Gasteiger partial charge in [-0.05, 0) is 45.1 Å². The Morgan fingerprint density at radius 3 is 2.93 bits per heavy atom. The van der Waals surface area contributed by atoms with Gasteiger partial charge < -0.3 is 30.2 Å². The number of thiocarbonyl (C=S) groups is 1. The molecular weight excluding hydrogens is 366 g/mol. The van der Waals surface area contributed by atoms with Crippen LogP contribution in [-0.2, 0) is 15.9 Å². The van der Waals surface area contributed by atoms with Gasteiger partial charge in [0, 0.05) is 30.1 Å². The van der Waals surface area contributed by atoms with Crippen molar-refractivity contribution in [2.45, 2.75) is 38.8 Å². The zero-order chi connectivity index (χ0) is 19.4. The van der Waals surface area contributed by atoms with Gasteiger partial charge in [0.05, 0.1) is 25.9 Å². The number of carbonyl (C=O) groups excluding carboxylic acids is 1. The third kappa shape index (κ3) is 5.46. The van der Waals surface area contributed by atoms with Crippen molar-refractivity contribution in [1.82, 2.24) is 10.6 Å². The highest BCUT2D eigenvalue weighted by atomic mass is 32.1. The van der Waals surface area contributed by atoms with Crippen molar-refractivity contribution in [3.8, 4) is 5.75 Å². The minimum absolute atomic E-state index is 0.0212. The quantitative estimate of drug-likeness (QED) is 0.678. The maximum atomic E-state index is 11.8. The highest BCUT2D eigenvalue weighted by molar-refractivity contribution is 7.80. The van der Waals surface area contributed by atoms with Crippen LogP contribution in [0.3, 0.4) is 0 Å². The molecule has 3 N–H and O–H groups in total. The molecular formula is C19H27N3O4S. The first-order valence-corrected chi connectivity index (χ1v) is 9.59. The molecule has 0 bridgehead atoms. The average molecular weight is 394 g/mol. The lowest BCUT2D eigenvalue weighted by atomic mass is 10.0. The number of anilines is 1. The highest BCUT2D eigenvalue weighted by Gasteiger charge is 2.30. The molecule has 1 amide bonds. The van der Waals surface area contributed by atoms with Crippen molar-refractivity contribution in [2.75, 3.05) is 31.7 Å². The Morgan fingerprint density at radius 2 is 2.15 bits per heavy atom. The van der Waals surface area contributed by atoms with E-state index in [0.717, 1.165) is 23.4 Å². The minimum atomic E-state index is -0.515. The Hall–Kier alpha value is -2.06. The van der Waals surface area contributed by atoms with Crippen LogP contribution in [0.4, 0.5) is 10.5 Å². The molecule has 8 heteroatoms. The van der Waals surface area contributed by atoms with E-state index in [4.69, 9.17) is 26.4 Å². The van der Waals surface area contributed by atoms with E-state index in [1.54, 1.807) is 0 Å². The predicted molar refractivity (Wildman–Crippen MR) is 107 cm³/mol. The molecule has 27 heavy (non-hydrogen) atoms. The van der Waals surface area contributed by atoms with Crippen LogP contribution in [0.2, 0.25) is 0 Å². The van der Waals surface area contributed by atoms with E-state index in [1.165, 1.54) is 0 Å². The number of ether oxygens (including phenoxy) is 3. The van der Waals surface area contributed by atoms with Crippen molar-refractivity contribution in [1.29, 1.82) is 0 Å². The highest BCUT2D eigenvalue weighted by Crippen LogP contribution is 2.31. The second-order valence-corrected chi connectivity index (χ2v) is 8.17. The van der Waals surface area contributed by atoms with Crippen molar-refractivity contribution in [3.63, 3.8) is 0 Å². The van der Waals surface area contributed by atoms with Gasteiger partial charge in [0.1, 0.15) is 11.4 Å². The molecule has 0 aliphatic carbocycles. The summed E-state index contributed by atoms with van der Waals surface area (Å²) in [6.07, 6.45) is 0.449. The number of amides is 1. The SMILES string of the molecule is CC(C)(C)OC(=O)NCC1COCC1NC(=S)Nc1cccc2c1CCO2. The van der Waals surface area contributed by atoms with Crippen LogP contribution in [0.25, 0.3) is 0 Å². The normalized spacial score (nSPS) is 21.1. The van der Waals surface area contributed by atoms with Gasteiger partial charge in [0.15, 0.2) is 5.11 Å². The van der Waals surface area contributed by atoms with E-state index in [-0.39, 0.29) is 12.0 Å². The molecule has 7 nitrogen and oxygen atoms in total. The molecule has 1 aromatic rings. The monoisotopic (exact) mass is 393 g/mol. The lowest BCUT2D eigenvalue weighted by Gasteiger charge is -2.23. The molecule has 0 radical (unpaired) electrons. The van der Waals surface area contributed by atoms with Crippen molar-refractivity contribution >= 4 is 29.1 Å². The number of nitrogens with one attached hydrogen (secondary N) is 3. The molecule has 1 aromatic carbocycles. The molecule has 0 spiro atoms. The molecule has 0 saturated carbocycles. The van der Waals surface area contributed by atoms with E-state index in [1.807, 2.05) is 39.0 Å². The number of fused-ring (bicyclic) bond motifs is 1. The first kappa shape index (κ1) is 19.7. The first-order valence-electron chi connectivity index (χ1n) is 9.18. The fraction of sp³-hybridized carbons (Fsp3) is 0.579. The number of benzene rings is 1. The number of carbonyl (C=O) groups is 1. The van der Waals surface area contributed by atoms with Gasteiger partial charge >= 0.3 is 6.09 Å². The summed E-state index contributed by atoms with van der Waals surface area (Å²) < 4.78 is 16.4. The zero-order valence-electron chi connectivity index (χ0n) is 16.0. The fourth-order valence-electron chi connectivity index (χ4n) is 3.15. The molecule has 2 aliphatic heterocycles. The summed E-state index contributed by atoms with van der Waals surface area (Å²) in [6, 6.07) is 5.93. The van der Waals surface area contributed by atoms with Crippen LogP contribution in [0.5, 0.6) is 5.75 Å². The smallest absolute Gasteiger partial charge is 0.407 e. The number of hydrogen-bond donors (Lipinski definition) is 3. The fourth-order valence-corrected chi connectivity index (χ4v) is 3.41. The molecule has 2 unspecified atom stereocenters. The van der Waals surface area contributed by atoms with Crippen molar-refractivity contribution in [3.05, 3.63) is 23.8 Å². The Kier molecular flexibility index (Phi) is 6.06. The molecule has 2 aliphatic rings. The van der Waals surface area contributed by atoms with Gasteiger partial charge in [-0.15, -0.1) is 0 Å². The molecule has 148 valence electrons. The molecule has 3 rings (SSSR count). The lowest BCUT2D eigenvalue weighted by molar-refractivity contribution is 0.0517. The maximum Gasteiger partial charge on any atom is 0.407 e. The summed E-state index contributed by atoms with van der Waals surface area (Å²) in [5.41, 5.74) is 1.59. The van der Waals surface area contributed by atoms with Crippen LogP contribution >= 0.6 is 12.2 Å². The minimum Gasteiger partial charge on any atom is -0.493 e. The van der Waals surface area contributed by atoms with Crippen molar-refractivity contribution in [2.24, 2.45) is 5.92 Å². The topological polar surface area (TPSA) is 80.9 Å². The summed E-state index contributed by atoms with van der Waals surface area (Å²) in [5.74, 6) is 1.02. The lowest BCUT2D eigenvalue weighted by Crippen LogP contribution is -2.46. The van der Waals surface area contributed by atoms with Crippen LogP contribution in [0, 0.1) is 5.92 Å². The molecule has 2 atom stereocenters. The maximum absolute atomic E-state index is 11.8. The van der Waals surface area contributed by atoms with Gasteiger partial charge in [-0.2, -0.15) is 0 Å². The number of rotatable bonds is 4. The Bertz CT molecular complexity index is 705. The first-order chi connectivity index (χ1) is 12.8. The van der Waals surface area contributed by atoms with Gasteiger partial charge in [0.2, 0.25) is 0 Å². The van der Waals surface area contributed by atoms with E-state index in [2.05, 4.69) is 16.0 Å². The van der Waals surface area contributed by atoms with Gasteiger partial charge in [-0.3, -0.25) is 0 Å². The largest absolute Gasteiger partial charge is 0.493 e. The van der Waals surface area contributed by atoms with Crippen molar-refractivity contribution < 1.29 is 19.0 Å². The van der Waals surface area contributed by atoms with E-state index in [0.29, 0.717) is 31.5 Å². The molecule has 1 saturated heterocycles. The second-order valence-electron chi connectivity index (χ2n) is 7.77. The predicted octanol–water partition coefficient (Wildman–Crippen LogP) is 2.45. The average Bonchev–Trinajstić information content (AvgIpc) is 3.21. The summed E-state index contributed by atoms with van der Waals surface area (Å²) in [6.45, 7) is 7.78. The summed E-state index contributed by atoms with van der Waals surface area (Å²) in [4.78, 5) is 11.8. The summed E-state index contributed by atoms with van der Waals surface area (Å²) >= 11 is 5.47. The second kappa shape index (κ2) is 8.31. The molecule has 0 aromatic heterocycles. The Balaban J connectivity index is 1.50. The van der Waals surface area contributed by atoms with Gasteiger partial charge in [-0.1, -0.05) is 6.07 Å². The standard InChI is InChI=1S/C19H27N3O4S/c1-19(2,3)26-18(23)20-9-12-10-24-11-15(12)22-17(27)21-14-5-4-6-16-13(14)7-8-25-16/h4-6,12,15H,7-11H2,1-3H3,(H,20,23)(H2,21,22,27). The molecule has 2 heterocycles. The third-order valence-electron chi connectivity index (χ3n) is 4.41. The summed E-state index contributed by atoms with van der Waals surface area (Å²) in [5, 5.41) is 9.90. The Morgan fingerprint density at radius 1 is 1.33 bits per heavy atom. The van der Waals surface area contributed by atoms with Gasteiger partial charge in [0.25, 0.3) is 0 Å². The van der Waals surface area contributed by atoms with E-state index < -0.39 is 11.7 Å². The van der Waals surface area contributed by atoms with E-state index in [9.17, 15) is 4.79 Å². The summed E-state index contributed by atoms with van der Waals surface area (Å²) in [7, 11) is 0. The van der Waals surface area contributed by atoms with Crippen LogP contribution in [-0.4, -0.2) is 49.2 Å². The van der Waals surface area contributed by atoms with Crippen LogP contribution in [0.1, 0.15) is 26.3 Å². The number of alkyl carbamates (subject to hydrolysis) is 1.